The smallest absolute Gasteiger partial charge is 0.161 e. The van der Waals surface area contributed by atoms with Crippen LogP contribution in [0.5, 0.6) is 11.5 Å². The highest BCUT2D eigenvalue weighted by molar-refractivity contribution is 9.10. The van der Waals surface area contributed by atoms with Crippen LogP contribution in [0.15, 0.2) is 53.0 Å². The molecule has 1 atom stereocenters. The molecule has 4 nitrogen and oxygen atoms in total. The van der Waals surface area contributed by atoms with Crippen molar-refractivity contribution in [2.75, 3.05) is 40.0 Å². The fourth-order valence-electron chi connectivity index (χ4n) is 2.84. The Balaban J connectivity index is 1.52. The van der Waals surface area contributed by atoms with Crippen LogP contribution in [0, 0.1) is 0 Å². The number of benzene rings is 2. The van der Waals surface area contributed by atoms with E-state index in [2.05, 4.69) is 33.0 Å². The lowest BCUT2D eigenvalue weighted by Crippen LogP contribution is -2.40. The molecule has 2 aromatic carbocycles. The number of halogens is 1. The summed E-state index contributed by atoms with van der Waals surface area (Å²) in [6, 6.07) is 16.1. The highest BCUT2D eigenvalue weighted by Crippen LogP contribution is 2.27. The largest absolute Gasteiger partial charge is 0.493 e. The molecule has 3 rings (SSSR count). The fourth-order valence-corrected chi connectivity index (χ4v) is 3.25. The average Bonchev–Trinajstić information content (AvgIpc) is 2.62. The van der Waals surface area contributed by atoms with E-state index in [1.165, 1.54) is 5.56 Å². The highest BCUT2D eigenvalue weighted by Gasteiger charge is 2.22. The standard InChI is InChI=1S/C19H22BrNO3/c1-22-17-7-2-3-8-18(17)23-11-9-21-10-12-24-19(14-21)15-5-4-6-16(20)13-15/h2-8,13,19H,9-12,14H2,1H3. The van der Waals surface area contributed by atoms with Crippen molar-refractivity contribution in [1.82, 2.24) is 4.90 Å². The molecule has 2 aromatic rings. The summed E-state index contributed by atoms with van der Waals surface area (Å²) in [7, 11) is 1.66. The SMILES string of the molecule is COc1ccccc1OCCN1CCOC(c2cccc(Br)c2)C1. The van der Waals surface area contributed by atoms with E-state index >= 15 is 0 Å². The summed E-state index contributed by atoms with van der Waals surface area (Å²) in [6.07, 6.45) is 0.113. The number of para-hydroxylation sites is 2. The van der Waals surface area contributed by atoms with Gasteiger partial charge in [-0.2, -0.15) is 0 Å². The van der Waals surface area contributed by atoms with Gasteiger partial charge in [-0.05, 0) is 29.8 Å². The fraction of sp³-hybridized carbons (Fsp3) is 0.368. The Hall–Kier alpha value is -1.56. The minimum absolute atomic E-state index is 0.113. The minimum atomic E-state index is 0.113. The monoisotopic (exact) mass is 391 g/mol. The molecule has 1 aliphatic heterocycles. The molecule has 0 radical (unpaired) electrons. The number of nitrogens with zero attached hydrogens (tertiary/aromatic N) is 1. The lowest BCUT2D eigenvalue weighted by Gasteiger charge is -2.33. The molecule has 1 fully saturated rings. The van der Waals surface area contributed by atoms with Gasteiger partial charge in [-0.15, -0.1) is 0 Å². The highest BCUT2D eigenvalue weighted by atomic mass is 79.9. The zero-order valence-electron chi connectivity index (χ0n) is 13.8. The van der Waals surface area contributed by atoms with Crippen LogP contribution >= 0.6 is 15.9 Å². The number of methoxy groups -OCH3 is 1. The molecular weight excluding hydrogens is 370 g/mol. The summed E-state index contributed by atoms with van der Waals surface area (Å²) >= 11 is 3.52. The summed E-state index contributed by atoms with van der Waals surface area (Å²) in [5.41, 5.74) is 1.21. The normalized spacial score (nSPS) is 18.3. The molecular formula is C19H22BrNO3. The molecule has 0 N–H and O–H groups in total. The van der Waals surface area contributed by atoms with Crippen LogP contribution in [0.2, 0.25) is 0 Å². The minimum Gasteiger partial charge on any atom is -0.493 e. The lowest BCUT2D eigenvalue weighted by molar-refractivity contribution is -0.0329. The quantitative estimate of drug-likeness (QED) is 0.746. The van der Waals surface area contributed by atoms with E-state index in [1.807, 2.05) is 36.4 Å². The first-order valence-corrected chi connectivity index (χ1v) is 8.91. The Morgan fingerprint density at radius 3 is 2.79 bits per heavy atom. The molecule has 1 unspecified atom stereocenters. The van der Waals surface area contributed by atoms with Gasteiger partial charge in [-0.25, -0.2) is 0 Å². The zero-order valence-corrected chi connectivity index (χ0v) is 15.4. The molecule has 1 aliphatic rings. The number of ether oxygens (including phenoxy) is 3. The van der Waals surface area contributed by atoms with Gasteiger partial charge in [0.05, 0.1) is 19.8 Å². The van der Waals surface area contributed by atoms with E-state index in [9.17, 15) is 0 Å². The summed E-state index contributed by atoms with van der Waals surface area (Å²) in [5.74, 6) is 1.56. The van der Waals surface area contributed by atoms with Crippen molar-refractivity contribution >= 4 is 15.9 Å². The van der Waals surface area contributed by atoms with Crippen molar-refractivity contribution < 1.29 is 14.2 Å². The van der Waals surface area contributed by atoms with Gasteiger partial charge in [-0.3, -0.25) is 4.90 Å². The predicted molar refractivity (Wildman–Crippen MR) is 97.8 cm³/mol. The van der Waals surface area contributed by atoms with Gasteiger partial charge in [0, 0.05) is 24.1 Å². The topological polar surface area (TPSA) is 30.9 Å². The van der Waals surface area contributed by atoms with E-state index in [-0.39, 0.29) is 6.10 Å². The van der Waals surface area contributed by atoms with Gasteiger partial charge >= 0.3 is 0 Å². The third-order valence-electron chi connectivity index (χ3n) is 4.11. The maximum Gasteiger partial charge on any atom is 0.161 e. The van der Waals surface area contributed by atoms with Crippen molar-refractivity contribution in [3.05, 3.63) is 58.6 Å². The third kappa shape index (κ3) is 4.50. The van der Waals surface area contributed by atoms with Gasteiger partial charge in [0.1, 0.15) is 6.61 Å². The van der Waals surface area contributed by atoms with Crippen molar-refractivity contribution in [2.45, 2.75) is 6.10 Å². The molecule has 0 saturated carbocycles. The van der Waals surface area contributed by atoms with Crippen LogP contribution in [0.1, 0.15) is 11.7 Å². The molecule has 128 valence electrons. The van der Waals surface area contributed by atoms with E-state index in [0.717, 1.165) is 42.2 Å². The Morgan fingerprint density at radius 2 is 2.00 bits per heavy atom. The second-order valence-corrected chi connectivity index (χ2v) is 6.63. The van der Waals surface area contributed by atoms with Crippen molar-refractivity contribution in [1.29, 1.82) is 0 Å². The molecule has 0 bridgehead atoms. The summed E-state index contributed by atoms with van der Waals surface area (Å²) < 4.78 is 18.2. The summed E-state index contributed by atoms with van der Waals surface area (Å²) in [5, 5.41) is 0. The van der Waals surface area contributed by atoms with E-state index < -0.39 is 0 Å². The van der Waals surface area contributed by atoms with E-state index in [4.69, 9.17) is 14.2 Å². The van der Waals surface area contributed by atoms with Gasteiger partial charge in [0.15, 0.2) is 11.5 Å². The van der Waals surface area contributed by atoms with Gasteiger partial charge in [0.25, 0.3) is 0 Å². The maximum absolute atomic E-state index is 5.93. The lowest BCUT2D eigenvalue weighted by atomic mass is 10.1. The third-order valence-corrected chi connectivity index (χ3v) is 4.60. The van der Waals surface area contributed by atoms with Gasteiger partial charge < -0.3 is 14.2 Å². The Bertz CT molecular complexity index is 665. The van der Waals surface area contributed by atoms with E-state index in [1.54, 1.807) is 7.11 Å². The Labute approximate surface area is 151 Å². The first-order chi connectivity index (χ1) is 11.8. The Morgan fingerprint density at radius 1 is 1.17 bits per heavy atom. The molecule has 0 aromatic heterocycles. The number of morpholine rings is 1. The number of hydrogen-bond donors (Lipinski definition) is 0. The van der Waals surface area contributed by atoms with E-state index in [0.29, 0.717) is 6.61 Å². The van der Waals surface area contributed by atoms with Crippen LogP contribution in [-0.2, 0) is 4.74 Å². The molecule has 0 aliphatic carbocycles. The van der Waals surface area contributed by atoms with Gasteiger partial charge in [0.2, 0.25) is 0 Å². The Kier molecular flexibility index (Phi) is 6.12. The first-order valence-electron chi connectivity index (χ1n) is 8.11. The van der Waals surface area contributed by atoms with Crippen LogP contribution in [0.25, 0.3) is 0 Å². The van der Waals surface area contributed by atoms with Crippen LogP contribution < -0.4 is 9.47 Å². The second-order valence-electron chi connectivity index (χ2n) is 5.71. The van der Waals surface area contributed by atoms with Crippen LogP contribution in [0.4, 0.5) is 0 Å². The summed E-state index contributed by atoms with van der Waals surface area (Å²) in [4.78, 5) is 2.38. The molecule has 0 spiro atoms. The molecule has 0 amide bonds. The molecule has 24 heavy (non-hydrogen) atoms. The summed E-state index contributed by atoms with van der Waals surface area (Å²) in [6.45, 7) is 4.05. The molecule has 1 saturated heterocycles. The van der Waals surface area contributed by atoms with Crippen molar-refractivity contribution in [3.8, 4) is 11.5 Å². The maximum atomic E-state index is 5.93. The van der Waals surface area contributed by atoms with Crippen molar-refractivity contribution in [2.24, 2.45) is 0 Å². The molecule has 5 heteroatoms. The predicted octanol–water partition coefficient (Wildman–Crippen LogP) is 3.91. The van der Waals surface area contributed by atoms with Crippen molar-refractivity contribution in [3.63, 3.8) is 0 Å². The average molecular weight is 392 g/mol. The first kappa shape index (κ1) is 17.3. The van der Waals surface area contributed by atoms with Crippen LogP contribution in [-0.4, -0.2) is 44.9 Å². The molecule has 1 heterocycles. The number of hydrogen-bond acceptors (Lipinski definition) is 4. The van der Waals surface area contributed by atoms with Crippen LogP contribution in [0.3, 0.4) is 0 Å². The van der Waals surface area contributed by atoms with Gasteiger partial charge in [-0.1, -0.05) is 40.2 Å². The zero-order chi connectivity index (χ0) is 16.8. The second kappa shape index (κ2) is 8.51. The number of rotatable bonds is 6.